The number of carbonyl (C=O) groups is 1. The van der Waals surface area contributed by atoms with E-state index in [1.165, 1.54) is 42.8 Å². The van der Waals surface area contributed by atoms with Gasteiger partial charge in [0.25, 0.3) is 10.0 Å². The molecule has 20 heavy (non-hydrogen) atoms. The minimum Gasteiger partial charge on any atom is -0.477 e. The van der Waals surface area contributed by atoms with Gasteiger partial charge in [0.05, 0.1) is 10.6 Å². The van der Waals surface area contributed by atoms with Crippen LogP contribution in [-0.2, 0) is 10.0 Å². The van der Waals surface area contributed by atoms with Crippen molar-refractivity contribution in [2.75, 3.05) is 11.4 Å². The number of anilines is 1. The smallest absolute Gasteiger partial charge is 0.348 e. The van der Waals surface area contributed by atoms with Crippen LogP contribution in [0.2, 0.25) is 5.02 Å². The van der Waals surface area contributed by atoms with Crippen LogP contribution in [0.5, 0.6) is 0 Å². The Morgan fingerprint density at radius 1 is 1.25 bits per heavy atom. The summed E-state index contributed by atoms with van der Waals surface area (Å²) in [5.74, 6) is -1.16. The summed E-state index contributed by atoms with van der Waals surface area (Å²) in [5.41, 5.74) is 0.137. The third kappa shape index (κ3) is 2.65. The molecule has 1 N–H and O–H groups in total. The maximum Gasteiger partial charge on any atom is 0.348 e. The molecule has 0 atom stereocenters. The minimum absolute atomic E-state index is 0.0231. The Hall–Kier alpha value is -1.57. The van der Waals surface area contributed by atoms with E-state index in [1.807, 2.05) is 0 Å². The van der Waals surface area contributed by atoms with Crippen molar-refractivity contribution < 1.29 is 18.3 Å². The lowest BCUT2D eigenvalue weighted by Gasteiger charge is -2.19. The van der Waals surface area contributed by atoms with Crippen LogP contribution < -0.4 is 4.31 Å². The van der Waals surface area contributed by atoms with Crippen molar-refractivity contribution >= 4 is 44.6 Å². The fourth-order valence-electron chi connectivity index (χ4n) is 1.60. The molecule has 2 aromatic rings. The molecule has 2 rings (SSSR count). The largest absolute Gasteiger partial charge is 0.477 e. The number of halogens is 1. The molecule has 106 valence electrons. The third-order valence-electron chi connectivity index (χ3n) is 2.65. The van der Waals surface area contributed by atoms with E-state index in [0.29, 0.717) is 5.02 Å². The van der Waals surface area contributed by atoms with Crippen LogP contribution >= 0.6 is 22.9 Å². The van der Waals surface area contributed by atoms with Crippen molar-refractivity contribution in [3.63, 3.8) is 0 Å². The van der Waals surface area contributed by atoms with Crippen molar-refractivity contribution in [1.29, 1.82) is 0 Å². The first kappa shape index (κ1) is 14.8. The van der Waals surface area contributed by atoms with E-state index >= 15 is 0 Å². The van der Waals surface area contributed by atoms with E-state index < -0.39 is 16.0 Å². The fraction of sp³-hybridized carbons (Fsp3) is 0.0833. The van der Waals surface area contributed by atoms with Gasteiger partial charge < -0.3 is 5.11 Å². The molecule has 0 aliphatic carbocycles. The van der Waals surface area contributed by atoms with Gasteiger partial charge in [0, 0.05) is 12.1 Å². The van der Waals surface area contributed by atoms with E-state index in [4.69, 9.17) is 16.7 Å². The lowest BCUT2D eigenvalue weighted by atomic mass is 10.4. The molecular formula is C12H10ClNO4S2. The predicted octanol–water partition coefficient (Wildman–Crippen LogP) is 2.92. The van der Waals surface area contributed by atoms with Crippen molar-refractivity contribution in [3.8, 4) is 0 Å². The normalized spacial score (nSPS) is 11.3. The summed E-state index contributed by atoms with van der Waals surface area (Å²) in [6.07, 6.45) is 0. The second kappa shape index (κ2) is 5.43. The maximum atomic E-state index is 12.4. The Kier molecular flexibility index (Phi) is 4.03. The lowest BCUT2D eigenvalue weighted by molar-refractivity contribution is 0.0703. The summed E-state index contributed by atoms with van der Waals surface area (Å²) in [5, 5.41) is 11.0. The number of hydrogen-bond acceptors (Lipinski definition) is 4. The highest BCUT2D eigenvalue weighted by Crippen LogP contribution is 2.30. The molecule has 1 heterocycles. The summed E-state index contributed by atoms with van der Waals surface area (Å²) in [6, 6.07) is 7.14. The molecule has 5 nitrogen and oxygen atoms in total. The number of benzene rings is 1. The number of carboxylic acid groups (broad SMARTS) is 1. The SMILES string of the molecule is CN(c1ccsc1C(=O)O)S(=O)(=O)c1ccc(Cl)cc1. The Morgan fingerprint density at radius 2 is 1.85 bits per heavy atom. The average molecular weight is 332 g/mol. The van der Waals surface area contributed by atoms with Crippen molar-refractivity contribution in [3.05, 3.63) is 45.6 Å². The second-order valence-corrected chi connectivity index (χ2v) is 7.19. The van der Waals surface area contributed by atoms with E-state index in [0.717, 1.165) is 15.6 Å². The number of carboxylic acids is 1. The Bertz CT molecular complexity index is 737. The molecule has 0 radical (unpaired) electrons. The van der Waals surface area contributed by atoms with Gasteiger partial charge in [0.1, 0.15) is 4.88 Å². The number of sulfonamides is 1. The van der Waals surface area contributed by atoms with Gasteiger partial charge in [0.2, 0.25) is 0 Å². The summed E-state index contributed by atoms with van der Waals surface area (Å²) in [7, 11) is -2.50. The molecule has 0 unspecified atom stereocenters. The molecule has 1 aromatic carbocycles. The van der Waals surface area contributed by atoms with Gasteiger partial charge in [-0.15, -0.1) is 11.3 Å². The number of thiophene rings is 1. The highest BCUT2D eigenvalue weighted by Gasteiger charge is 2.25. The molecule has 1 aromatic heterocycles. The first-order chi connectivity index (χ1) is 9.34. The van der Waals surface area contributed by atoms with Crippen molar-refractivity contribution in [2.24, 2.45) is 0 Å². The van der Waals surface area contributed by atoms with Gasteiger partial charge in [-0.25, -0.2) is 13.2 Å². The Morgan fingerprint density at radius 3 is 2.40 bits per heavy atom. The van der Waals surface area contributed by atoms with Crippen LogP contribution in [-0.4, -0.2) is 26.5 Å². The molecule has 0 saturated carbocycles. The molecular weight excluding hydrogens is 322 g/mol. The molecule has 0 aliphatic heterocycles. The van der Waals surface area contributed by atoms with E-state index in [2.05, 4.69) is 0 Å². The zero-order valence-corrected chi connectivity index (χ0v) is 12.7. The first-order valence-electron chi connectivity index (χ1n) is 5.39. The zero-order chi connectivity index (χ0) is 14.9. The summed E-state index contributed by atoms with van der Waals surface area (Å²) < 4.78 is 25.8. The van der Waals surface area contributed by atoms with E-state index in [1.54, 1.807) is 0 Å². The summed E-state index contributed by atoms with van der Waals surface area (Å²) in [4.78, 5) is 11.1. The highest BCUT2D eigenvalue weighted by atomic mass is 35.5. The minimum atomic E-state index is -3.82. The molecule has 0 amide bonds. The van der Waals surface area contributed by atoms with E-state index in [9.17, 15) is 13.2 Å². The van der Waals surface area contributed by atoms with Gasteiger partial charge in [-0.2, -0.15) is 0 Å². The summed E-state index contributed by atoms with van der Waals surface area (Å²) >= 11 is 6.70. The molecule has 0 bridgehead atoms. The third-order valence-corrected chi connectivity index (χ3v) is 5.58. The van der Waals surface area contributed by atoms with Gasteiger partial charge in [-0.1, -0.05) is 11.6 Å². The predicted molar refractivity (Wildman–Crippen MR) is 78.3 cm³/mol. The van der Waals surface area contributed by atoms with Gasteiger partial charge in [0.15, 0.2) is 0 Å². The average Bonchev–Trinajstić information content (AvgIpc) is 2.87. The van der Waals surface area contributed by atoms with Crippen LogP contribution in [0.3, 0.4) is 0 Å². The van der Waals surface area contributed by atoms with Gasteiger partial charge >= 0.3 is 5.97 Å². The first-order valence-corrected chi connectivity index (χ1v) is 8.09. The Balaban J connectivity index is 2.46. The molecule has 0 spiro atoms. The number of nitrogens with zero attached hydrogens (tertiary/aromatic N) is 1. The standard InChI is InChI=1S/C12H10ClNO4S2/c1-14(10-6-7-19-11(10)12(15)16)20(17,18)9-4-2-8(13)3-5-9/h2-7H,1H3,(H,15,16). The van der Waals surface area contributed by atoms with Crippen molar-refractivity contribution in [1.82, 2.24) is 0 Å². The van der Waals surface area contributed by atoms with Gasteiger partial charge in [-0.05, 0) is 35.7 Å². The van der Waals surface area contributed by atoms with Gasteiger partial charge in [-0.3, -0.25) is 4.31 Å². The van der Waals surface area contributed by atoms with Crippen LogP contribution in [0.25, 0.3) is 0 Å². The van der Waals surface area contributed by atoms with Crippen LogP contribution in [0.4, 0.5) is 5.69 Å². The topological polar surface area (TPSA) is 74.7 Å². The molecule has 0 aliphatic rings. The monoisotopic (exact) mass is 331 g/mol. The van der Waals surface area contributed by atoms with Crippen LogP contribution in [0.1, 0.15) is 9.67 Å². The van der Waals surface area contributed by atoms with Crippen LogP contribution in [0, 0.1) is 0 Å². The number of rotatable bonds is 4. The second-order valence-electron chi connectivity index (χ2n) is 3.87. The van der Waals surface area contributed by atoms with E-state index in [-0.39, 0.29) is 15.5 Å². The quantitative estimate of drug-likeness (QED) is 0.934. The molecule has 0 fully saturated rings. The van der Waals surface area contributed by atoms with Crippen molar-refractivity contribution in [2.45, 2.75) is 4.90 Å². The number of aromatic carboxylic acids is 1. The fourth-order valence-corrected chi connectivity index (χ4v) is 3.76. The summed E-state index contributed by atoms with van der Waals surface area (Å²) in [6.45, 7) is 0. The maximum absolute atomic E-state index is 12.4. The molecule has 0 saturated heterocycles. The number of hydrogen-bond donors (Lipinski definition) is 1. The van der Waals surface area contributed by atoms with Crippen LogP contribution in [0.15, 0.2) is 40.6 Å². The Labute approximate surface area is 125 Å². The lowest BCUT2D eigenvalue weighted by Crippen LogP contribution is -2.27. The highest BCUT2D eigenvalue weighted by molar-refractivity contribution is 7.92. The zero-order valence-electron chi connectivity index (χ0n) is 10.3. The molecule has 8 heteroatoms.